The van der Waals surface area contributed by atoms with E-state index in [2.05, 4.69) is 194 Å². The molecular weight excluding hydrogens is 595 g/mol. The third-order valence-electron chi connectivity index (χ3n) is 10.3. The molecule has 0 saturated carbocycles. The van der Waals surface area contributed by atoms with Gasteiger partial charge in [-0.05, 0) is 84.7 Å². The van der Waals surface area contributed by atoms with Gasteiger partial charge >= 0.3 is 0 Å². The molecule has 7 aromatic carbocycles. The Hall–Kier alpha value is -5.70. The molecule has 0 amide bonds. The Bertz CT molecular complexity index is 2430. The van der Waals surface area contributed by atoms with Crippen molar-refractivity contribution in [1.82, 2.24) is 4.57 Å². The summed E-state index contributed by atoms with van der Waals surface area (Å²) in [6, 6.07) is 62.3. The monoisotopic (exact) mass is 629 g/mol. The summed E-state index contributed by atoms with van der Waals surface area (Å²) in [6.07, 6.45) is 2.35. The molecule has 0 atom stereocenters. The van der Waals surface area contributed by atoms with Crippen LogP contribution in [0.25, 0.3) is 72.2 Å². The summed E-state index contributed by atoms with van der Waals surface area (Å²) in [4.78, 5) is 0. The quantitative estimate of drug-likeness (QED) is 0.167. The first-order valence-electron chi connectivity index (χ1n) is 16.8. The Morgan fingerprint density at radius 3 is 1.52 bits per heavy atom. The highest BCUT2D eigenvalue weighted by atomic mass is 28.3. The van der Waals surface area contributed by atoms with Gasteiger partial charge in [0, 0.05) is 22.8 Å². The number of benzene rings is 7. The maximum atomic E-state index is 2.49. The molecule has 8 aromatic rings. The van der Waals surface area contributed by atoms with Crippen molar-refractivity contribution in [2.45, 2.75) is 13.1 Å². The molecule has 0 bridgehead atoms. The van der Waals surface area contributed by atoms with Crippen LogP contribution in [0.4, 0.5) is 0 Å². The third kappa shape index (κ3) is 4.68. The number of rotatable bonds is 5. The minimum absolute atomic E-state index is 1.22. The molecule has 1 aliphatic rings. The first-order valence-corrected chi connectivity index (χ1v) is 19.8. The Morgan fingerprint density at radius 1 is 0.375 bits per heavy atom. The average Bonchev–Trinajstić information content (AvgIpc) is 3.64. The molecule has 0 N–H and O–H groups in total. The maximum Gasteiger partial charge on any atom is 0.113 e. The van der Waals surface area contributed by atoms with E-state index in [1.807, 2.05) is 0 Å². The fourth-order valence-electron chi connectivity index (χ4n) is 7.65. The van der Waals surface area contributed by atoms with Crippen LogP contribution in [0.1, 0.15) is 0 Å². The van der Waals surface area contributed by atoms with Crippen molar-refractivity contribution in [2.24, 2.45) is 0 Å². The van der Waals surface area contributed by atoms with Gasteiger partial charge in [0.05, 0.1) is 5.52 Å². The van der Waals surface area contributed by atoms with E-state index in [4.69, 9.17) is 0 Å². The van der Waals surface area contributed by atoms with E-state index in [0.29, 0.717) is 0 Å². The second-order valence-corrected chi connectivity index (χ2v) is 17.8. The molecule has 0 spiro atoms. The van der Waals surface area contributed by atoms with Crippen LogP contribution in [0.15, 0.2) is 176 Å². The van der Waals surface area contributed by atoms with Gasteiger partial charge in [0.1, 0.15) is 8.07 Å². The number of aromatic nitrogens is 1. The van der Waals surface area contributed by atoms with Crippen LogP contribution in [0.5, 0.6) is 0 Å². The van der Waals surface area contributed by atoms with Crippen LogP contribution in [0.2, 0.25) is 13.1 Å². The van der Waals surface area contributed by atoms with Gasteiger partial charge in [-0.15, -0.1) is 0 Å². The van der Waals surface area contributed by atoms with Gasteiger partial charge in [-0.25, -0.2) is 0 Å². The van der Waals surface area contributed by atoms with E-state index in [9.17, 15) is 0 Å². The third-order valence-corrected chi connectivity index (χ3v) is 13.8. The van der Waals surface area contributed by atoms with Gasteiger partial charge in [0.2, 0.25) is 0 Å². The van der Waals surface area contributed by atoms with Crippen LogP contribution in [-0.4, -0.2) is 12.6 Å². The summed E-state index contributed by atoms with van der Waals surface area (Å²) in [5, 5.41) is 4.32. The van der Waals surface area contributed by atoms with Crippen LogP contribution in [0, 0.1) is 0 Å². The lowest BCUT2D eigenvalue weighted by Crippen LogP contribution is -2.49. The molecule has 2 heteroatoms. The smallest absolute Gasteiger partial charge is 0.113 e. The van der Waals surface area contributed by atoms with Gasteiger partial charge in [-0.2, -0.15) is 0 Å². The van der Waals surface area contributed by atoms with Gasteiger partial charge in [-0.1, -0.05) is 159 Å². The van der Waals surface area contributed by atoms with E-state index >= 15 is 0 Å². The van der Waals surface area contributed by atoms with Crippen molar-refractivity contribution in [2.75, 3.05) is 0 Å². The van der Waals surface area contributed by atoms with E-state index < -0.39 is 8.07 Å². The fourth-order valence-corrected chi connectivity index (χ4v) is 10.7. The van der Waals surface area contributed by atoms with Gasteiger partial charge in [0.15, 0.2) is 0 Å². The van der Waals surface area contributed by atoms with Crippen LogP contribution >= 0.6 is 0 Å². The predicted octanol–water partition coefficient (Wildman–Crippen LogP) is 11.1. The molecule has 0 unspecified atom stereocenters. The molecule has 9 rings (SSSR count). The number of fused-ring (bicyclic) bond motifs is 4. The normalized spacial score (nSPS) is 13.0. The average molecular weight is 630 g/mol. The maximum absolute atomic E-state index is 2.49. The lowest BCUT2D eigenvalue weighted by molar-refractivity contribution is 1.13. The molecule has 0 fully saturated rings. The van der Waals surface area contributed by atoms with Gasteiger partial charge in [0.25, 0.3) is 0 Å². The number of hydrogen-bond acceptors (Lipinski definition) is 0. The predicted molar refractivity (Wildman–Crippen MR) is 207 cm³/mol. The van der Waals surface area contributed by atoms with Crippen molar-refractivity contribution in [3.8, 4) is 61.3 Å². The van der Waals surface area contributed by atoms with Crippen molar-refractivity contribution < 1.29 is 0 Å². The minimum atomic E-state index is -1.80. The molecule has 1 nitrogen and oxygen atoms in total. The standard InChI is InChI=1S/C46H35NSi/c1-48(2)45-16-10-9-15-40(45)41-27-26-39(30-46(41)48)47-31-43(37-23-21-35(22-24-37)33-13-7-4-8-14-33)42-29-38(25-28-44(42)47)36-19-17-34(18-20-36)32-11-5-3-6-12-32/h3-31H,1-2H3. The molecule has 0 aliphatic carbocycles. The Kier molecular flexibility index (Phi) is 6.67. The van der Waals surface area contributed by atoms with Crippen LogP contribution in [-0.2, 0) is 0 Å². The molecule has 48 heavy (non-hydrogen) atoms. The summed E-state index contributed by atoms with van der Waals surface area (Å²) in [6.45, 7) is 4.98. The Balaban J connectivity index is 1.18. The highest BCUT2D eigenvalue weighted by molar-refractivity contribution is 7.03. The second kappa shape index (κ2) is 11.2. The first-order chi connectivity index (χ1) is 23.5. The lowest BCUT2D eigenvalue weighted by atomic mass is 9.97. The topological polar surface area (TPSA) is 4.93 Å². The molecule has 228 valence electrons. The van der Waals surface area contributed by atoms with Crippen molar-refractivity contribution in [3.63, 3.8) is 0 Å². The summed E-state index contributed by atoms with van der Waals surface area (Å²) in [5.41, 5.74) is 15.1. The lowest BCUT2D eigenvalue weighted by Gasteiger charge is -2.19. The SMILES string of the molecule is C[Si]1(C)c2ccccc2-c2ccc(-n3cc(-c4ccc(-c5ccccc5)cc4)c4cc(-c5ccc(-c6ccccc6)cc5)ccc43)cc21. The summed E-state index contributed by atoms with van der Waals surface area (Å²) >= 11 is 0. The molecule has 2 heterocycles. The van der Waals surface area contributed by atoms with E-state index in [1.54, 1.807) is 0 Å². The van der Waals surface area contributed by atoms with Crippen molar-refractivity contribution >= 4 is 29.4 Å². The first kappa shape index (κ1) is 28.5. The van der Waals surface area contributed by atoms with E-state index in [0.717, 1.165) is 0 Å². The van der Waals surface area contributed by atoms with Gasteiger partial charge < -0.3 is 4.57 Å². The van der Waals surface area contributed by atoms with Crippen molar-refractivity contribution in [1.29, 1.82) is 0 Å². The minimum Gasteiger partial charge on any atom is -0.316 e. The number of nitrogens with zero attached hydrogens (tertiary/aromatic N) is 1. The Labute approximate surface area is 283 Å². The zero-order valence-corrected chi connectivity index (χ0v) is 28.2. The molecule has 1 aromatic heterocycles. The zero-order chi connectivity index (χ0) is 32.2. The summed E-state index contributed by atoms with van der Waals surface area (Å²) in [5.74, 6) is 0. The molecule has 0 radical (unpaired) electrons. The van der Waals surface area contributed by atoms with E-state index in [1.165, 1.54) is 82.6 Å². The Morgan fingerprint density at radius 2 is 0.875 bits per heavy atom. The fraction of sp³-hybridized carbons (Fsp3) is 0.0435. The van der Waals surface area contributed by atoms with E-state index in [-0.39, 0.29) is 0 Å². The molecular formula is C46H35NSi. The second-order valence-electron chi connectivity index (χ2n) is 13.4. The molecule has 1 aliphatic heterocycles. The zero-order valence-electron chi connectivity index (χ0n) is 27.2. The highest BCUT2D eigenvalue weighted by Gasteiger charge is 2.37. The van der Waals surface area contributed by atoms with Crippen LogP contribution < -0.4 is 10.4 Å². The van der Waals surface area contributed by atoms with Crippen molar-refractivity contribution in [3.05, 3.63) is 176 Å². The molecule has 0 saturated heterocycles. The van der Waals surface area contributed by atoms with Crippen LogP contribution in [0.3, 0.4) is 0 Å². The largest absolute Gasteiger partial charge is 0.316 e. The summed E-state index contributed by atoms with van der Waals surface area (Å²) in [7, 11) is -1.80. The highest BCUT2D eigenvalue weighted by Crippen LogP contribution is 2.38. The number of hydrogen-bond donors (Lipinski definition) is 0. The summed E-state index contributed by atoms with van der Waals surface area (Å²) < 4.78 is 2.41. The van der Waals surface area contributed by atoms with Gasteiger partial charge in [-0.3, -0.25) is 0 Å².